The minimum Gasteiger partial charge on any atom is -0.358 e. The smallest absolute Gasteiger partial charge is 0.0462 e. The molecule has 1 aliphatic heterocycles. The van der Waals surface area contributed by atoms with Crippen LogP contribution in [0.3, 0.4) is 0 Å². The summed E-state index contributed by atoms with van der Waals surface area (Å²) in [4.78, 5) is 5.58. The van der Waals surface area contributed by atoms with E-state index in [2.05, 4.69) is 64.9 Å². The quantitative estimate of drug-likeness (QED) is 0.602. The number of halogens is 1. The van der Waals surface area contributed by atoms with Crippen molar-refractivity contribution in [1.29, 1.82) is 0 Å². The standard InChI is InChI=1S/C15H20N2.CH3I/c1-3-5-11-6-4-7-13-15(11)12-9-16-10(2)8-14(12)17-13;1-2/h4,6-7,10,16-17H,3,5,8-9H2,1-2H3;1H3. The van der Waals surface area contributed by atoms with Gasteiger partial charge in [0.2, 0.25) is 0 Å². The Balaban J connectivity index is 0.000000637. The Morgan fingerprint density at radius 2 is 2.11 bits per heavy atom. The largest absolute Gasteiger partial charge is 0.358 e. The van der Waals surface area contributed by atoms with Crippen LogP contribution in [0.15, 0.2) is 18.2 Å². The van der Waals surface area contributed by atoms with Crippen LogP contribution in [0.1, 0.15) is 37.1 Å². The molecular weight excluding hydrogens is 347 g/mol. The van der Waals surface area contributed by atoms with Crippen LogP contribution >= 0.6 is 22.6 Å². The Morgan fingerprint density at radius 3 is 2.84 bits per heavy atom. The Morgan fingerprint density at radius 1 is 1.32 bits per heavy atom. The van der Waals surface area contributed by atoms with E-state index in [0.29, 0.717) is 6.04 Å². The summed E-state index contributed by atoms with van der Waals surface area (Å²) >= 11 is 2.15. The first-order chi connectivity index (χ1) is 9.29. The summed E-state index contributed by atoms with van der Waals surface area (Å²) in [7, 11) is 0. The van der Waals surface area contributed by atoms with Crippen molar-refractivity contribution in [2.75, 3.05) is 4.93 Å². The van der Waals surface area contributed by atoms with Gasteiger partial charge in [-0.05, 0) is 35.5 Å². The van der Waals surface area contributed by atoms with E-state index in [-0.39, 0.29) is 0 Å². The zero-order valence-corrected chi connectivity index (χ0v) is 14.2. The van der Waals surface area contributed by atoms with Gasteiger partial charge in [0.1, 0.15) is 0 Å². The Hall–Kier alpha value is -0.550. The molecule has 0 aliphatic carbocycles. The lowest BCUT2D eigenvalue weighted by atomic mass is 9.97. The maximum absolute atomic E-state index is 3.61. The molecule has 104 valence electrons. The average Bonchev–Trinajstić information content (AvgIpc) is 2.79. The summed E-state index contributed by atoms with van der Waals surface area (Å²) in [6.07, 6.45) is 3.51. The Kier molecular flexibility index (Phi) is 5.28. The maximum atomic E-state index is 3.61. The van der Waals surface area contributed by atoms with E-state index in [4.69, 9.17) is 0 Å². The zero-order valence-electron chi connectivity index (χ0n) is 12.0. The molecule has 2 aromatic rings. The summed E-state index contributed by atoms with van der Waals surface area (Å²) in [6.45, 7) is 5.51. The van der Waals surface area contributed by atoms with Crippen LogP contribution in [0, 0.1) is 0 Å². The first-order valence-corrected chi connectivity index (χ1v) is 9.18. The highest BCUT2D eigenvalue weighted by Crippen LogP contribution is 2.29. The van der Waals surface area contributed by atoms with Crippen molar-refractivity contribution in [3.05, 3.63) is 35.0 Å². The van der Waals surface area contributed by atoms with Gasteiger partial charge in [-0.25, -0.2) is 0 Å². The molecule has 1 unspecified atom stereocenters. The molecule has 0 saturated carbocycles. The van der Waals surface area contributed by atoms with Crippen molar-refractivity contribution < 1.29 is 0 Å². The van der Waals surface area contributed by atoms with Crippen LogP contribution in [-0.4, -0.2) is 16.0 Å². The van der Waals surface area contributed by atoms with Gasteiger partial charge in [-0.1, -0.05) is 48.1 Å². The van der Waals surface area contributed by atoms with Gasteiger partial charge in [0.25, 0.3) is 0 Å². The highest BCUT2D eigenvalue weighted by molar-refractivity contribution is 14.1. The van der Waals surface area contributed by atoms with Crippen molar-refractivity contribution in [1.82, 2.24) is 10.3 Å². The van der Waals surface area contributed by atoms with Crippen molar-refractivity contribution in [2.45, 2.75) is 45.7 Å². The Labute approximate surface area is 129 Å². The molecule has 1 aromatic heterocycles. The number of alkyl halides is 1. The van der Waals surface area contributed by atoms with Gasteiger partial charge < -0.3 is 10.3 Å². The summed E-state index contributed by atoms with van der Waals surface area (Å²) in [5.41, 5.74) is 5.76. The van der Waals surface area contributed by atoms with E-state index in [1.54, 1.807) is 0 Å². The van der Waals surface area contributed by atoms with Gasteiger partial charge in [0.15, 0.2) is 0 Å². The highest BCUT2D eigenvalue weighted by Gasteiger charge is 2.20. The second kappa shape index (κ2) is 6.75. The molecule has 0 amide bonds. The van der Waals surface area contributed by atoms with E-state index >= 15 is 0 Å². The molecule has 2 N–H and O–H groups in total. The van der Waals surface area contributed by atoms with Crippen molar-refractivity contribution >= 4 is 33.5 Å². The van der Waals surface area contributed by atoms with Crippen LogP contribution < -0.4 is 5.32 Å². The molecule has 2 heterocycles. The van der Waals surface area contributed by atoms with Crippen molar-refractivity contribution in [3.63, 3.8) is 0 Å². The van der Waals surface area contributed by atoms with E-state index in [9.17, 15) is 0 Å². The fourth-order valence-electron chi connectivity index (χ4n) is 2.95. The van der Waals surface area contributed by atoms with Gasteiger partial charge in [-0.2, -0.15) is 0 Å². The van der Waals surface area contributed by atoms with Crippen LogP contribution in [0.4, 0.5) is 0 Å². The number of benzene rings is 1. The predicted octanol–water partition coefficient (Wildman–Crippen LogP) is 4.21. The van der Waals surface area contributed by atoms with Crippen molar-refractivity contribution in [2.24, 2.45) is 0 Å². The number of hydrogen-bond acceptors (Lipinski definition) is 1. The predicted molar refractivity (Wildman–Crippen MR) is 92.2 cm³/mol. The van der Waals surface area contributed by atoms with Gasteiger partial charge in [-0.3, -0.25) is 0 Å². The van der Waals surface area contributed by atoms with Crippen LogP contribution in [0.2, 0.25) is 0 Å². The molecular formula is C16H23IN2. The number of H-pyrrole nitrogens is 1. The minimum atomic E-state index is 0.588. The van der Waals surface area contributed by atoms with Crippen LogP contribution in [-0.2, 0) is 19.4 Å². The lowest BCUT2D eigenvalue weighted by molar-refractivity contribution is 0.511. The summed E-state index contributed by atoms with van der Waals surface area (Å²) in [5.74, 6) is 0. The molecule has 0 radical (unpaired) electrons. The molecule has 0 saturated heterocycles. The second-order valence-electron chi connectivity index (χ2n) is 5.16. The molecule has 0 fully saturated rings. The van der Waals surface area contributed by atoms with Crippen LogP contribution in [0.5, 0.6) is 0 Å². The number of rotatable bonds is 2. The molecule has 1 aromatic carbocycles. The maximum Gasteiger partial charge on any atom is 0.0462 e. The van der Waals surface area contributed by atoms with E-state index in [1.165, 1.54) is 40.6 Å². The molecule has 3 heteroatoms. The third-order valence-electron chi connectivity index (χ3n) is 3.76. The number of hydrogen-bond donors (Lipinski definition) is 2. The number of nitrogens with one attached hydrogen (secondary N) is 2. The lowest BCUT2D eigenvalue weighted by Crippen LogP contribution is -2.32. The Bertz CT molecular complexity index is 545. The fourth-order valence-corrected chi connectivity index (χ4v) is 2.95. The van der Waals surface area contributed by atoms with Crippen LogP contribution in [0.25, 0.3) is 10.9 Å². The normalized spacial score (nSPS) is 17.8. The number of aromatic nitrogens is 1. The highest BCUT2D eigenvalue weighted by atomic mass is 127. The zero-order chi connectivity index (χ0) is 13.8. The molecule has 0 bridgehead atoms. The minimum absolute atomic E-state index is 0.588. The average molecular weight is 370 g/mol. The molecule has 2 nitrogen and oxygen atoms in total. The molecule has 1 aliphatic rings. The first kappa shape index (κ1) is 14.9. The monoisotopic (exact) mass is 370 g/mol. The first-order valence-electron chi connectivity index (χ1n) is 7.02. The van der Waals surface area contributed by atoms with E-state index in [1.807, 2.05) is 4.93 Å². The third-order valence-corrected chi connectivity index (χ3v) is 3.76. The SMILES string of the molecule is CCCc1cccc2[nH]c3c(c12)CNC(C)C3.CI. The van der Waals surface area contributed by atoms with Crippen molar-refractivity contribution in [3.8, 4) is 0 Å². The van der Waals surface area contributed by atoms with E-state index in [0.717, 1.165) is 13.0 Å². The summed E-state index contributed by atoms with van der Waals surface area (Å²) < 4.78 is 0. The number of aromatic amines is 1. The fraction of sp³-hybridized carbons (Fsp3) is 0.500. The molecule has 3 rings (SSSR count). The van der Waals surface area contributed by atoms with E-state index < -0.39 is 0 Å². The second-order valence-corrected chi connectivity index (χ2v) is 5.16. The van der Waals surface area contributed by atoms with Gasteiger partial charge >= 0.3 is 0 Å². The number of fused-ring (bicyclic) bond motifs is 3. The van der Waals surface area contributed by atoms with Gasteiger partial charge in [0.05, 0.1) is 0 Å². The summed E-state index contributed by atoms with van der Waals surface area (Å²) in [5, 5.41) is 5.04. The third kappa shape index (κ3) is 2.97. The topological polar surface area (TPSA) is 27.8 Å². The number of aryl methyl sites for hydroxylation is 1. The molecule has 1 atom stereocenters. The van der Waals surface area contributed by atoms with Gasteiger partial charge in [-0.15, -0.1) is 0 Å². The molecule has 0 spiro atoms. The van der Waals surface area contributed by atoms with Gasteiger partial charge in [0, 0.05) is 35.6 Å². The summed E-state index contributed by atoms with van der Waals surface area (Å²) in [6, 6.07) is 7.24. The molecule has 19 heavy (non-hydrogen) atoms. The lowest BCUT2D eigenvalue weighted by Gasteiger charge is -2.20.